The monoisotopic (exact) mass is 324 g/mol. The quantitative estimate of drug-likeness (QED) is 0.806. The summed E-state index contributed by atoms with van der Waals surface area (Å²) in [5.74, 6) is 0. The second-order valence-corrected chi connectivity index (χ2v) is 5.65. The number of hydrogen-bond acceptors (Lipinski definition) is 2. The topological polar surface area (TPSA) is 38.0 Å². The van der Waals surface area contributed by atoms with E-state index in [4.69, 9.17) is 41.2 Å². The first-order chi connectivity index (χ1) is 9.56. The Balaban J connectivity index is 1.92. The number of thiocarbonyl (C=S) groups is 1. The zero-order valence-electron chi connectivity index (χ0n) is 10.7. The molecule has 0 fully saturated rings. The second-order valence-electron chi connectivity index (χ2n) is 4.36. The van der Waals surface area contributed by atoms with Crippen molar-refractivity contribution in [3.05, 3.63) is 63.6 Å². The standard InChI is InChI=1S/C15H14Cl2N2S/c16-11-3-1-10(2-4-11)7-8-19-12-5-6-13(15(18)20)14(17)9-12/h1-6,9,19H,7-8H2,(H2,18,20). The molecular formula is C15H14Cl2N2S. The van der Waals surface area contributed by atoms with Crippen LogP contribution in [0.15, 0.2) is 42.5 Å². The van der Waals surface area contributed by atoms with E-state index in [1.54, 1.807) is 0 Å². The SMILES string of the molecule is NC(=S)c1ccc(NCCc2ccc(Cl)cc2)cc1Cl. The van der Waals surface area contributed by atoms with E-state index < -0.39 is 0 Å². The molecule has 0 spiro atoms. The van der Waals surface area contributed by atoms with Crippen molar-refractivity contribution in [2.24, 2.45) is 5.73 Å². The van der Waals surface area contributed by atoms with E-state index >= 15 is 0 Å². The third kappa shape index (κ3) is 4.10. The lowest BCUT2D eigenvalue weighted by molar-refractivity contribution is 1.02. The van der Waals surface area contributed by atoms with Crippen LogP contribution in [0, 0.1) is 0 Å². The Morgan fingerprint density at radius 3 is 2.40 bits per heavy atom. The molecular weight excluding hydrogens is 311 g/mol. The highest BCUT2D eigenvalue weighted by atomic mass is 35.5. The normalized spacial score (nSPS) is 10.3. The average molecular weight is 325 g/mol. The van der Waals surface area contributed by atoms with Crippen LogP contribution in [0.2, 0.25) is 10.0 Å². The molecule has 0 unspecified atom stereocenters. The number of benzene rings is 2. The Bertz CT molecular complexity index is 612. The van der Waals surface area contributed by atoms with Crippen molar-refractivity contribution in [3.63, 3.8) is 0 Å². The van der Waals surface area contributed by atoms with E-state index in [1.807, 2.05) is 42.5 Å². The van der Waals surface area contributed by atoms with E-state index in [1.165, 1.54) is 5.56 Å². The molecule has 3 N–H and O–H groups in total. The Morgan fingerprint density at radius 2 is 1.80 bits per heavy atom. The maximum atomic E-state index is 6.12. The van der Waals surface area contributed by atoms with Crippen molar-refractivity contribution >= 4 is 46.1 Å². The molecule has 2 aromatic rings. The molecule has 0 radical (unpaired) electrons. The van der Waals surface area contributed by atoms with Gasteiger partial charge >= 0.3 is 0 Å². The molecule has 0 bridgehead atoms. The minimum absolute atomic E-state index is 0.308. The molecule has 0 aliphatic carbocycles. The fraction of sp³-hybridized carbons (Fsp3) is 0.133. The summed E-state index contributed by atoms with van der Waals surface area (Å²) in [5.41, 5.74) is 8.45. The van der Waals surface area contributed by atoms with Crippen molar-refractivity contribution in [2.45, 2.75) is 6.42 Å². The summed E-state index contributed by atoms with van der Waals surface area (Å²) < 4.78 is 0. The molecule has 0 amide bonds. The summed E-state index contributed by atoms with van der Waals surface area (Å²) in [7, 11) is 0. The summed E-state index contributed by atoms with van der Waals surface area (Å²) in [6.45, 7) is 0.810. The van der Waals surface area contributed by atoms with Crippen LogP contribution in [0.1, 0.15) is 11.1 Å². The zero-order chi connectivity index (χ0) is 14.5. The number of anilines is 1. The van der Waals surface area contributed by atoms with Gasteiger partial charge in [-0.1, -0.05) is 47.6 Å². The number of nitrogens with two attached hydrogens (primary N) is 1. The van der Waals surface area contributed by atoms with Crippen LogP contribution >= 0.6 is 35.4 Å². The van der Waals surface area contributed by atoms with E-state index in [9.17, 15) is 0 Å². The fourth-order valence-corrected chi connectivity index (χ4v) is 2.47. The van der Waals surface area contributed by atoms with Gasteiger partial charge in [-0.2, -0.15) is 0 Å². The van der Waals surface area contributed by atoms with E-state index in [0.717, 1.165) is 23.7 Å². The van der Waals surface area contributed by atoms with Gasteiger partial charge < -0.3 is 11.1 Å². The van der Waals surface area contributed by atoms with Crippen molar-refractivity contribution in [2.75, 3.05) is 11.9 Å². The number of nitrogens with one attached hydrogen (secondary N) is 1. The molecule has 0 aliphatic rings. The van der Waals surface area contributed by atoms with Crippen LogP contribution in [0.25, 0.3) is 0 Å². The number of hydrogen-bond donors (Lipinski definition) is 2. The number of rotatable bonds is 5. The summed E-state index contributed by atoms with van der Waals surface area (Å²) in [6, 6.07) is 13.4. The molecule has 5 heteroatoms. The van der Waals surface area contributed by atoms with Gasteiger partial charge in [-0.25, -0.2) is 0 Å². The molecule has 0 saturated heterocycles. The summed E-state index contributed by atoms with van der Waals surface area (Å²) >= 11 is 16.9. The van der Waals surface area contributed by atoms with Gasteiger partial charge in [0.05, 0.1) is 5.02 Å². The largest absolute Gasteiger partial charge is 0.389 e. The highest BCUT2D eigenvalue weighted by Crippen LogP contribution is 2.21. The Kier molecular flexibility index (Phi) is 5.24. The van der Waals surface area contributed by atoms with Gasteiger partial charge in [0.25, 0.3) is 0 Å². The maximum absolute atomic E-state index is 6.12. The summed E-state index contributed by atoms with van der Waals surface area (Å²) in [6.07, 6.45) is 0.909. The minimum Gasteiger partial charge on any atom is -0.389 e. The summed E-state index contributed by atoms with van der Waals surface area (Å²) in [5, 5.41) is 4.63. The van der Waals surface area contributed by atoms with E-state index in [2.05, 4.69) is 5.32 Å². The number of halogens is 2. The van der Waals surface area contributed by atoms with E-state index in [0.29, 0.717) is 15.6 Å². The molecule has 2 rings (SSSR count). The predicted octanol–water partition coefficient (Wildman–Crippen LogP) is 4.28. The molecule has 20 heavy (non-hydrogen) atoms. The lowest BCUT2D eigenvalue weighted by atomic mass is 10.1. The molecule has 0 saturated carbocycles. The van der Waals surface area contributed by atoms with Crippen LogP contribution in [0.4, 0.5) is 5.69 Å². The lowest BCUT2D eigenvalue weighted by Gasteiger charge is -2.09. The van der Waals surface area contributed by atoms with Crippen LogP contribution in [0.3, 0.4) is 0 Å². The van der Waals surface area contributed by atoms with Gasteiger partial charge in [-0.05, 0) is 42.3 Å². The van der Waals surface area contributed by atoms with Crippen molar-refractivity contribution in [3.8, 4) is 0 Å². The van der Waals surface area contributed by atoms with Gasteiger partial charge in [0, 0.05) is 22.8 Å². The molecule has 2 aromatic carbocycles. The first-order valence-corrected chi connectivity index (χ1v) is 7.30. The summed E-state index contributed by atoms with van der Waals surface area (Å²) in [4.78, 5) is 0.308. The van der Waals surface area contributed by atoms with Gasteiger partial charge in [0.15, 0.2) is 0 Å². The molecule has 0 aliphatic heterocycles. The fourth-order valence-electron chi connectivity index (χ4n) is 1.83. The maximum Gasteiger partial charge on any atom is 0.105 e. The van der Waals surface area contributed by atoms with Gasteiger partial charge in [0.1, 0.15) is 4.99 Å². The minimum atomic E-state index is 0.308. The molecule has 0 heterocycles. The Labute approximate surface area is 133 Å². The highest BCUT2D eigenvalue weighted by Gasteiger charge is 2.04. The molecule has 0 aromatic heterocycles. The van der Waals surface area contributed by atoms with Crippen molar-refractivity contribution < 1.29 is 0 Å². The molecule has 104 valence electrons. The van der Waals surface area contributed by atoms with Crippen LogP contribution in [-0.4, -0.2) is 11.5 Å². The van der Waals surface area contributed by atoms with Gasteiger partial charge in [-0.15, -0.1) is 0 Å². The van der Waals surface area contributed by atoms with Crippen molar-refractivity contribution in [1.29, 1.82) is 0 Å². The molecule has 2 nitrogen and oxygen atoms in total. The Morgan fingerprint density at radius 1 is 1.10 bits per heavy atom. The smallest absolute Gasteiger partial charge is 0.105 e. The average Bonchev–Trinajstić information content (AvgIpc) is 2.41. The third-order valence-electron chi connectivity index (χ3n) is 2.89. The zero-order valence-corrected chi connectivity index (χ0v) is 13.0. The Hall–Kier alpha value is -1.29. The second kappa shape index (κ2) is 6.93. The first-order valence-electron chi connectivity index (χ1n) is 6.14. The third-order valence-corrected chi connectivity index (χ3v) is 3.68. The van der Waals surface area contributed by atoms with Crippen LogP contribution in [0.5, 0.6) is 0 Å². The highest BCUT2D eigenvalue weighted by molar-refractivity contribution is 7.80. The molecule has 0 atom stereocenters. The first kappa shape index (κ1) is 15.1. The van der Waals surface area contributed by atoms with E-state index in [-0.39, 0.29) is 0 Å². The predicted molar refractivity (Wildman–Crippen MR) is 91.0 cm³/mol. The van der Waals surface area contributed by atoms with Gasteiger partial charge in [0.2, 0.25) is 0 Å². The van der Waals surface area contributed by atoms with Gasteiger partial charge in [-0.3, -0.25) is 0 Å². The van der Waals surface area contributed by atoms with Crippen molar-refractivity contribution in [1.82, 2.24) is 0 Å². The van der Waals surface area contributed by atoms with Crippen LogP contribution < -0.4 is 11.1 Å². The lowest BCUT2D eigenvalue weighted by Crippen LogP contribution is -2.10. The van der Waals surface area contributed by atoms with Crippen LogP contribution in [-0.2, 0) is 6.42 Å².